The van der Waals surface area contributed by atoms with Crippen molar-refractivity contribution in [2.75, 3.05) is 0 Å². The highest BCUT2D eigenvalue weighted by Crippen LogP contribution is 2.13. The summed E-state index contributed by atoms with van der Waals surface area (Å²) in [5, 5.41) is 22.3. The Morgan fingerprint density at radius 1 is 1.29 bits per heavy atom. The molecule has 128 valence electrons. The number of amides is 1. The summed E-state index contributed by atoms with van der Waals surface area (Å²) < 4.78 is 24.6. The number of aromatic nitrogens is 4. The molecule has 0 spiro atoms. The summed E-state index contributed by atoms with van der Waals surface area (Å²) in [4.78, 5) is 23.6. The molecule has 2 aromatic rings. The number of tetrazole rings is 1. The Morgan fingerprint density at radius 3 is 2.54 bits per heavy atom. The number of nitrogens with zero attached hydrogens (tertiary/aromatic N) is 4. The number of carboxylic acids is 1. The number of nitrogens with one attached hydrogen (secondary N) is 1. The van der Waals surface area contributed by atoms with Gasteiger partial charge in [0.2, 0.25) is 18.2 Å². The number of halogens is 2. The first-order chi connectivity index (χ1) is 11.3. The lowest BCUT2D eigenvalue weighted by atomic mass is 10.1. The zero-order valence-corrected chi connectivity index (χ0v) is 12.7. The molecule has 1 heterocycles. The summed E-state index contributed by atoms with van der Waals surface area (Å²) in [5.41, 5.74) is 1.76. The van der Waals surface area contributed by atoms with Crippen molar-refractivity contribution in [3.63, 3.8) is 0 Å². The lowest BCUT2D eigenvalue weighted by molar-refractivity contribution is -0.143. The SMILES string of the molecule is Cc1ccc(-c2nnn(CC(=O)NC(CC(F)F)C(=O)O)n2)cc1. The van der Waals surface area contributed by atoms with Crippen LogP contribution in [0.3, 0.4) is 0 Å². The maximum Gasteiger partial charge on any atom is 0.326 e. The predicted molar refractivity (Wildman–Crippen MR) is 78.2 cm³/mol. The summed E-state index contributed by atoms with van der Waals surface area (Å²) in [5.74, 6) is -2.03. The van der Waals surface area contributed by atoms with Crippen LogP contribution in [0, 0.1) is 6.92 Å². The first kappa shape index (κ1) is 17.4. The molecular formula is C14H15F2N5O3. The largest absolute Gasteiger partial charge is 0.480 e. The van der Waals surface area contributed by atoms with E-state index in [9.17, 15) is 18.4 Å². The second-order valence-electron chi connectivity index (χ2n) is 5.09. The van der Waals surface area contributed by atoms with Gasteiger partial charge in [-0.15, -0.1) is 10.2 Å². The lowest BCUT2D eigenvalue weighted by Gasteiger charge is -2.13. The van der Waals surface area contributed by atoms with E-state index in [0.29, 0.717) is 11.4 Å². The van der Waals surface area contributed by atoms with Crippen LogP contribution in [0.1, 0.15) is 12.0 Å². The van der Waals surface area contributed by atoms with Crippen LogP contribution in [0.2, 0.25) is 0 Å². The number of hydrogen-bond acceptors (Lipinski definition) is 5. The first-order valence-corrected chi connectivity index (χ1v) is 7.00. The number of carboxylic acid groups (broad SMARTS) is 1. The Balaban J connectivity index is 1.99. The molecular weight excluding hydrogens is 324 g/mol. The zero-order chi connectivity index (χ0) is 17.7. The average Bonchev–Trinajstić information content (AvgIpc) is 2.95. The number of hydrogen-bond donors (Lipinski definition) is 2. The van der Waals surface area contributed by atoms with Gasteiger partial charge in [0.1, 0.15) is 12.6 Å². The van der Waals surface area contributed by atoms with Gasteiger partial charge in [0.25, 0.3) is 0 Å². The fraction of sp³-hybridized carbons (Fsp3) is 0.357. The van der Waals surface area contributed by atoms with Crippen molar-refractivity contribution < 1.29 is 23.5 Å². The minimum atomic E-state index is -2.84. The van der Waals surface area contributed by atoms with Gasteiger partial charge in [0.05, 0.1) is 0 Å². The van der Waals surface area contributed by atoms with Crippen LogP contribution in [-0.2, 0) is 16.1 Å². The minimum Gasteiger partial charge on any atom is -0.480 e. The van der Waals surface area contributed by atoms with Crippen molar-refractivity contribution in [3.05, 3.63) is 29.8 Å². The quantitative estimate of drug-likeness (QED) is 0.775. The van der Waals surface area contributed by atoms with Crippen molar-refractivity contribution in [2.45, 2.75) is 32.4 Å². The van der Waals surface area contributed by atoms with Gasteiger partial charge >= 0.3 is 5.97 Å². The van der Waals surface area contributed by atoms with E-state index in [4.69, 9.17) is 5.11 Å². The van der Waals surface area contributed by atoms with E-state index in [-0.39, 0.29) is 0 Å². The molecule has 2 rings (SSSR count). The highest BCUT2D eigenvalue weighted by Gasteiger charge is 2.24. The van der Waals surface area contributed by atoms with Crippen LogP contribution in [0.4, 0.5) is 8.78 Å². The summed E-state index contributed by atoms with van der Waals surface area (Å²) in [6.07, 6.45) is -3.82. The molecule has 0 aliphatic carbocycles. The maximum absolute atomic E-state index is 12.3. The lowest BCUT2D eigenvalue weighted by Crippen LogP contribution is -2.43. The van der Waals surface area contributed by atoms with Crippen molar-refractivity contribution in [2.24, 2.45) is 0 Å². The van der Waals surface area contributed by atoms with Gasteiger partial charge in [-0.05, 0) is 12.1 Å². The highest BCUT2D eigenvalue weighted by molar-refractivity contribution is 5.83. The summed E-state index contributed by atoms with van der Waals surface area (Å²) in [6, 6.07) is 5.65. The molecule has 10 heteroatoms. The van der Waals surface area contributed by atoms with Crippen molar-refractivity contribution in [1.29, 1.82) is 0 Å². The number of aliphatic carboxylic acids is 1. The van der Waals surface area contributed by atoms with Gasteiger partial charge in [-0.1, -0.05) is 29.8 Å². The molecule has 1 amide bonds. The molecule has 0 radical (unpaired) electrons. The summed E-state index contributed by atoms with van der Waals surface area (Å²) >= 11 is 0. The fourth-order valence-corrected chi connectivity index (χ4v) is 1.90. The Labute approximate surface area is 135 Å². The third-order valence-electron chi connectivity index (χ3n) is 3.09. The molecule has 0 saturated heterocycles. The highest BCUT2D eigenvalue weighted by atomic mass is 19.3. The van der Waals surface area contributed by atoms with E-state index < -0.39 is 37.3 Å². The number of benzene rings is 1. The fourth-order valence-electron chi connectivity index (χ4n) is 1.90. The molecule has 2 N–H and O–H groups in total. The minimum absolute atomic E-state index is 0.296. The van der Waals surface area contributed by atoms with E-state index in [1.165, 1.54) is 0 Å². The number of carbonyl (C=O) groups excluding carboxylic acids is 1. The molecule has 8 nitrogen and oxygen atoms in total. The van der Waals surface area contributed by atoms with Gasteiger partial charge in [-0.2, -0.15) is 4.80 Å². The topological polar surface area (TPSA) is 110 Å². The van der Waals surface area contributed by atoms with Gasteiger partial charge in [0.15, 0.2) is 0 Å². The summed E-state index contributed by atoms with van der Waals surface area (Å²) in [6.45, 7) is 1.50. The molecule has 1 aromatic carbocycles. The Bertz CT molecular complexity index is 717. The predicted octanol–water partition coefficient (Wildman–Crippen LogP) is 0.873. The molecule has 0 aliphatic rings. The van der Waals surface area contributed by atoms with E-state index in [2.05, 4.69) is 15.4 Å². The Morgan fingerprint density at radius 2 is 1.96 bits per heavy atom. The molecule has 24 heavy (non-hydrogen) atoms. The maximum atomic E-state index is 12.3. The third-order valence-corrected chi connectivity index (χ3v) is 3.09. The van der Waals surface area contributed by atoms with Gasteiger partial charge < -0.3 is 10.4 Å². The molecule has 1 unspecified atom stereocenters. The first-order valence-electron chi connectivity index (χ1n) is 7.00. The second kappa shape index (κ2) is 7.57. The van der Waals surface area contributed by atoms with Crippen molar-refractivity contribution >= 4 is 11.9 Å². The number of rotatable bonds is 7. The summed E-state index contributed by atoms with van der Waals surface area (Å²) in [7, 11) is 0. The Kier molecular flexibility index (Phi) is 5.51. The normalized spacial score (nSPS) is 12.2. The molecule has 0 saturated carbocycles. The molecule has 0 aliphatic heterocycles. The van der Waals surface area contributed by atoms with E-state index in [1.54, 1.807) is 12.1 Å². The van der Waals surface area contributed by atoms with Crippen LogP contribution in [0.25, 0.3) is 11.4 Å². The van der Waals surface area contributed by atoms with Crippen molar-refractivity contribution in [3.8, 4) is 11.4 Å². The van der Waals surface area contributed by atoms with Gasteiger partial charge in [-0.25, -0.2) is 13.6 Å². The van der Waals surface area contributed by atoms with E-state index >= 15 is 0 Å². The van der Waals surface area contributed by atoms with Gasteiger partial charge in [0, 0.05) is 12.0 Å². The smallest absolute Gasteiger partial charge is 0.326 e. The van der Waals surface area contributed by atoms with E-state index in [1.807, 2.05) is 24.4 Å². The van der Waals surface area contributed by atoms with Crippen LogP contribution < -0.4 is 5.32 Å². The average molecular weight is 339 g/mol. The molecule has 1 atom stereocenters. The van der Waals surface area contributed by atoms with Crippen LogP contribution in [-0.4, -0.2) is 49.7 Å². The van der Waals surface area contributed by atoms with Crippen LogP contribution >= 0.6 is 0 Å². The standard InChI is InChI=1S/C14H15F2N5O3/c1-8-2-4-9(5-3-8)13-18-20-21(19-13)7-12(22)17-10(14(23)24)6-11(15)16/h2-5,10-11H,6-7H2,1H3,(H,17,22)(H,23,24). The van der Waals surface area contributed by atoms with Crippen LogP contribution in [0.15, 0.2) is 24.3 Å². The molecule has 0 bridgehead atoms. The monoisotopic (exact) mass is 339 g/mol. The van der Waals surface area contributed by atoms with Crippen molar-refractivity contribution in [1.82, 2.24) is 25.5 Å². The van der Waals surface area contributed by atoms with E-state index in [0.717, 1.165) is 10.4 Å². The number of aryl methyl sites for hydroxylation is 1. The number of carbonyl (C=O) groups is 2. The second-order valence-corrected chi connectivity index (χ2v) is 5.09. The Hall–Kier alpha value is -2.91. The van der Waals surface area contributed by atoms with Crippen LogP contribution in [0.5, 0.6) is 0 Å². The third kappa shape index (κ3) is 4.80. The zero-order valence-electron chi connectivity index (χ0n) is 12.7. The molecule has 0 fully saturated rings. The molecule has 1 aromatic heterocycles. The van der Waals surface area contributed by atoms with Gasteiger partial charge in [-0.3, -0.25) is 4.79 Å². The number of alkyl halides is 2.